The van der Waals surface area contributed by atoms with Crippen LogP contribution in [0.5, 0.6) is 0 Å². The lowest BCUT2D eigenvalue weighted by Crippen LogP contribution is -2.52. The van der Waals surface area contributed by atoms with Crippen molar-refractivity contribution in [2.75, 3.05) is 57.4 Å². The zero-order chi connectivity index (χ0) is 21.2. The fraction of sp³-hybridized carbons (Fsp3) is 0.739. The molecule has 1 aromatic heterocycles. The molecule has 7 nitrogen and oxygen atoms in total. The average Bonchev–Trinajstić information content (AvgIpc) is 2.79. The fourth-order valence-corrected chi connectivity index (χ4v) is 4.26. The number of nitrogens with zero attached hydrogens (tertiary/aromatic N) is 4. The van der Waals surface area contributed by atoms with Gasteiger partial charge >= 0.3 is 0 Å². The number of hydrogen-bond acceptors (Lipinski definition) is 5. The zero-order valence-corrected chi connectivity index (χ0v) is 21.8. The van der Waals surface area contributed by atoms with Crippen LogP contribution in [0.4, 0.5) is 5.82 Å². The third-order valence-electron chi connectivity index (χ3n) is 6.02. The second kappa shape index (κ2) is 14.1. The van der Waals surface area contributed by atoms with Gasteiger partial charge in [-0.15, -0.1) is 24.0 Å². The van der Waals surface area contributed by atoms with Crippen molar-refractivity contribution in [2.45, 2.75) is 52.6 Å². The van der Waals surface area contributed by atoms with Crippen LogP contribution in [0, 0.1) is 5.92 Å². The smallest absolute Gasteiger partial charge is 0.191 e. The summed E-state index contributed by atoms with van der Waals surface area (Å²) < 4.78 is 5.53. The highest BCUT2D eigenvalue weighted by Gasteiger charge is 2.23. The Hall–Kier alpha value is -1.13. The highest BCUT2D eigenvalue weighted by atomic mass is 127. The second-order valence-corrected chi connectivity index (χ2v) is 8.61. The zero-order valence-electron chi connectivity index (χ0n) is 19.5. The summed E-state index contributed by atoms with van der Waals surface area (Å²) in [4.78, 5) is 14.4. The Balaban J connectivity index is 0.00000341. The molecule has 2 aliphatic rings. The average molecular weight is 545 g/mol. The minimum atomic E-state index is 0. The Kier molecular flexibility index (Phi) is 11.9. The third kappa shape index (κ3) is 8.38. The molecule has 2 N–H and O–H groups in total. The molecule has 176 valence electrons. The Morgan fingerprint density at radius 2 is 1.87 bits per heavy atom. The summed E-state index contributed by atoms with van der Waals surface area (Å²) in [5, 5.41) is 6.98. The number of rotatable bonds is 8. The number of halogens is 1. The fourth-order valence-electron chi connectivity index (χ4n) is 4.26. The van der Waals surface area contributed by atoms with Crippen molar-refractivity contribution in [3.05, 3.63) is 23.9 Å². The van der Waals surface area contributed by atoms with Crippen LogP contribution in [-0.2, 0) is 11.3 Å². The molecule has 2 aliphatic heterocycles. The Morgan fingerprint density at radius 1 is 1.13 bits per heavy atom. The molecule has 31 heavy (non-hydrogen) atoms. The van der Waals surface area contributed by atoms with Crippen molar-refractivity contribution < 1.29 is 4.74 Å². The number of morpholine rings is 1. The van der Waals surface area contributed by atoms with Gasteiger partial charge < -0.3 is 20.3 Å². The van der Waals surface area contributed by atoms with Crippen LogP contribution >= 0.6 is 24.0 Å². The number of pyridine rings is 1. The highest BCUT2D eigenvalue weighted by molar-refractivity contribution is 14.0. The van der Waals surface area contributed by atoms with Gasteiger partial charge in [0.15, 0.2) is 5.96 Å². The number of aliphatic imine (C=N–C) groups is 1. The first-order valence-corrected chi connectivity index (χ1v) is 11.7. The van der Waals surface area contributed by atoms with E-state index in [1.807, 2.05) is 6.20 Å². The van der Waals surface area contributed by atoms with Crippen molar-refractivity contribution in [3.63, 3.8) is 0 Å². The Bertz CT molecular complexity index is 659. The molecular formula is C23H41IN6O. The maximum Gasteiger partial charge on any atom is 0.191 e. The maximum absolute atomic E-state index is 5.53. The molecule has 0 radical (unpaired) electrons. The van der Waals surface area contributed by atoms with Gasteiger partial charge in [-0.05, 0) is 49.8 Å². The highest BCUT2D eigenvalue weighted by Crippen LogP contribution is 2.18. The van der Waals surface area contributed by atoms with E-state index in [2.05, 4.69) is 58.3 Å². The van der Waals surface area contributed by atoms with Gasteiger partial charge in [0.05, 0.1) is 19.8 Å². The normalized spacial score (nSPS) is 19.1. The first-order chi connectivity index (χ1) is 14.7. The summed E-state index contributed by atoms with van der Waals surface area (Å²) in [6, 6.07) is 4.75. The van der Waals surface area contributed by atoms with Gasteiger partial charge in [-0.25, -0.2) is 9.98 Å². The van der Waals surface area contributed by atoms with E-state index in [1.54, 1.807) is 0 Å². The lowest BCUT2D eigenvalue weighted by Gasteiger charge is -2.37. The first kappa shape index (κ1) is 26.1. The molecule has 0 spiro atoms. The van der Waals surface area contributed by atoms with Gasteiger partial charge in [-0.1, -0.05) is 13.8 Å². The maximum atomic E-state index is 5.53. The summed E-state index contributed by atoms with van der Waals surface area (Å²) >= 11 is 0. The minimum absolute atomic E-state index is 0. The van der Waals surface area contributed by atoms with Crippen LogP contribution in [0.15, 0.2) is 23.3 Å². The van der Waals surface area contributed by atoms with Crippen molar-refractivity contribution in [1.29, 1.82) is 0 Å². The van der Waals surface area contributed by atoms with Crippen molar-refractivity contribution in [3.8, 4) is 0 Å². The van der Waals surface area contributed by atoms with Crippen LogP contribution in [-0.4, -0.2) is 74.4 Å². The number of nitrogens with one attached hydrogen (secondary N) is 2. The van der Waals surface area contributed by atoms with Crippen LogP contribution in [0.25, 0.3) is 0 Å². The van der Waals surface area contributed by atoms with Gasteiger partial charge in [-0.3, -0.25) is 4.90 Å². The van der Waals surface area contributed by atoms with Crippen LogP contribution < -0.4 is 15.5 Å². The lowest BCUT2D eigenvalue weighted by atomic mass is 10.0. The molecular weight excluding hydrogens is 503 g/mol. The largest absolute Gasteiger partial charge is 0.379 e. The van der Waals surface area contributed by atoms with Gasteiger partial charge in [0, 0.05) is 51.5 Å². The summed E-state index contributed by atoms with van der Waals surface area (Å²) in [6.07, 6.45) is 5.78. The van der Waals surface area contributed by atoms with Gasteiger partial charge in [0.2, 0.25) is 0 Å². The van der Waals surface area contributed by atoms with E-state index < -0.39 is 0 Å². The molecule has 2 fully saturated rings. The molecule has 1 aromatic rings. The number of aromatic nitrogens is 1. The number of piperidine rings is 1. The standard InChI is InChI=1S/C23H40N6O.HI/c1-4-24-23(27-18-21(19(2)3)28-12-14-30-15-13-28)26-17-20-8-9-25-22(16-20)29-10-6-5-7-11-29;/h8-9,16,19,21H,4-7,10-15,17-18H2,1-3H3,(H2,24,26,27);1H. The van der Waals surface area contributed by atoms with Crippen molar-refractivity contribution in [1.82, 2.24) is 20.5 Å². The quantitative estimate of drug-likeness (QED) is 0.298. The topological polar surface area (TPSA) is 65.0 Å². The molecule has 3 heterocycles. The number of hydrogen-bond donors (Lipinski definition) is 2. The van der Waals surface area contributed by atoms with Crippen LogP contribution in [0.2, 0.25) is 0 Å². The monoisotopic (exact) mass is 544 g/mol. The summed E-state index contributed by atoms with van der Waals surface area (Å²) in [7, 11) is 0. The summed E-state index contributed by atoms with van der Waals surface area (Å²) in [6.45, 7) is 15.0. The molecule has 1 unspecified atom stereocenters. The third-order valence-corrected chi connectivity index (χ3v) is 6.02. The molecule has 0 aliphatic carbocycles. The first-order valence-electron chi connectivity index (χ1n) is 11.7. The predicted octanol–water partition coefficient (Wildman–Crippen LogP) is 3.10. The van der Waals surface area contributed by atoms with E-state index in [-0.39, 0.29) is 24.0 Å². The van der Waals surface area contributed by atoms with E-state index in [0.29, 0.717) is 18.5 Å². The SMILES string of the molecule is CCNC(=NCc1ccnc(N2CCCCC2)c1)NCC(C(C)C)N1CCOCC1.I. The van der Waals surface area contributed by atoms with Gasteiger partial charge in [-0.2, -0.15) is 0 Å². The predicted molar refractivity (Wildman–Crippen MR) is 140 cm³/mol. The number of anilines is 1. The molecule has 2 saturated heterocycles. The number of ether oxygens (including phenoxy) is 1. The van der Waals surface area contributed by atoms with Crippen molar-refractivity contribution in [2.24, 2.45) is 10.9 Å². The molecule has 0 bridgehead atoms. The van der Waals surface area contributed by atoms with Crippen LogP contribution in [0.1, 0.15) is 45.6 Å². The molecule has 0 aromatic carbocycles. The summed E-state index contributed by atoms with van der Waals surface area (Å²) in [5.74, 6) is 2.55. The van der Waals surface area contributed by atoms with E-state index in [0.717, 1.165) is 64.3 Å². The molecule has 0 saturated carbocycles. The van der Waals surface area contributed by atoms with Crippen molar-refractivity contribution >= 4 is 35.8 Å². The Labute approximate surface area is 205 Å². The minimum Gasteiger partial charge on any atom is -0.379 e. The van der Waals surface area contributed by atoms with Crippen LogP contribution in [0.3, 0.4) is 0 Å². The Morgan fingerprint density at radius 3 is 2.55 bits per heavy atom. The molecule has 0 amide bonds. The van der Waals surface area contributed by atoms with Gasteiger partial charge in [0.1, 0.15) is 5.82 Å². The molecule has 8 heteroatoms. The molecule has 1 atom stereocenters. The lowest BCUT2D eigenvalue weighted by molar-refractivity contribution is 0.00752. The van der Waals surface area contributed by atoms with E-state index in [4.69, 9.17) is 9.73 Å². The molecule has 3 rings (SSSR count). The van der Waals surface area contributed by atoms with Gasteiger partial charge in [0.25, 0.3) is 0 Å². The second-order valence-electron chi connectivity index (χ2n) is 8.61. The summed E-state index contributed by atoms with van der Waals surface area (Å²) in [5.41, 5.74) is 1.20. The van der Waals surface area contributed by atoms with E-state index in [1.165, 1.54) is 24.8 Å². The van der Waals surface area contributed by atoms with E-state index >= 15 is 0 Å². The number of guanidine groups is 1. The van der Waals surface area contributed by atoms with E-state index in [9.17, 15) is 0 Å².